The van der Waals surface area contributed by atoms with Gasteiger partial charge in [-0.2, -0.15) is 12.7 Å². The Balaban J connectivity index is 2.49. The monoisotopic (exact) mass is 235 g/mol. The molecule has 15 heavy (non-hydrogen) atoms. The predicted octanol–water partition coefficient (Wildman–Crippen LogP) is -0.133. The molecule has 90 valence electrons. The topological polar surface area (TPSA) is 52.7 Å². The van der Waals surface area contributed by atoms with Crippen molar-refractivity contribution in [2.24, 2.45) is 0 Å². The predicted molar refractivity (Wildman–Crippen MR) is 60.9 cm³/mol. The van der Waals surface area contributed by atoms with Gasteiger partial charge in [0.1, 0.15) is 0 Å². The fourth-order valence-electron chi connectivity index (χ4n) is 1.77. The lowest BCUT2D eigenvalue weighted by atomic mass is 10.2. The Labute approximate surface area is 92.6 Å². The Morgan fingerprint density at radius 3 is 2.20 bits per heavy atom. The lowest BCUT2D eigenvalue weighted by Crippen LogP contribution is -2.53. The van der Waals surface area contributed by atoms with Crippen molar-refractivity contribution in [1.29, 1.82) is 0 Å². The van der Waals surface area contributed by atoms with Crippen LogP contribution in [-0.4, -0.2) is 56.9 Å². The summed E-state index contributed by atoms with van der Waals surface area (Å²) in [5, 5.41) is 0. The van der Waals surface area contributed by atoms with E-state index in [-0.39, 0.29) is 0 Å². The third kappa shape index (κ3) is 3.14. The maximum Gasteiger partial charge on any atom is 0.279 e. The highest BCUT2D eigenvalue weighted by atomic mass is 32.2. The molecular weight excluding hydrogens is 214 g/mol. The summed E-state index contributed by atoms with van der Waals surface area (Å²) >= 11 is 0. The van der Waals surface area contributed by atoms with Gasteiger partial charge >= 0.3 is 0 Å². The summed E-state index contributed by atoms with van der Waals surface area (Å²) in [6, 6.07) is 0.546. The molecule has 0 aromatic heterocycles. The van der Waals surface area contributed by atoms with Crippen LogP contribution in [0.3, 0.4) is 0 Å². The van der Waals surface area contributed by atoms with E-state index in [4.69, 9.17) is 0 Å². The van der Waals surface area contributed by atoms with E-state index in [0.717, 1.165) is 19.5 Å². The molecule has 1 N–H and O–H groups in total. The van der Waals surface area contributed by atoms with Crippen LogP contribution in [0.2, 0.25) is 0 Å². The molecule has 6 heteroatoms. The van der Waals surface area contributed by atoms with Gasteiger partial charge < -0.3 is 0 Å². The summed E-state index contributed by atoms with van der Waals surface area (Å²) in [6.07, 6.45) is 1.11. The number of hydrogen-bond acceptors (Lipinski definition) is 3. The minimum absolute atomic E-state index is 0.546. The van der Waals surface area contributed by atoms with Gasteiger partial charge in [-0.1, -0.05) is 6.92 Å². The van der Waals surface area contributed by atoms with E-state index >= 15 is 0 Å². The minimum atomic E-state index is -3.22. The van der Waals surface area contributed by atoms with Gasteiger partial charge in [0.15, 0.2) is 0 Å². The van der Waals surface area contributed by atoms with Crippen LogP contribution in [0.4, 0.5) is 0 Å². The smallest absolute Gasteiger partial charge is 0.279 e. The molecule has 1 saturated heterocycles. The van der Waals surface area contributed by atoms with Gasteiger partial charge in [-0.3, -0.25) is 4.90 Å². The van der Waals surface area contributed by atoms with Gasteiger partial charge in [-0.15, -0.1) is 0 Å². The average molecular weight is 235 g/mol. The number of nitrogens with zero attached hydrogens (tertiary/aromatic N) is 2. The van der Waals surface area contributed by atoms with Crippen LogP contribution < -0.4 is 4.72 Å². The van der Waals surface area contributed by atoms with Gasteiger partial charge in [0.05, 0.1) is 0 Å². The first kappa shape index (κ1) is 12.9. The van der Waals surface area contributed by atoms with E-state index in [1.807, 2.05) is 0 Å². The molecular formula is C9H21N3O2S. The third-order valence-electron chi connectivity index (χ3n) is 3.09. The van der Waals surface area contributed by atoms with E-state index < -0.39 is 10.2 Å². The quantitative estimate of drug-likeness (QED) is 0.738. The van der Waals surface area contributed by atoms with Crippen LogP contribution >= 0.6 is 0 Å². The summed E-state index contributed by atoms with van der Waals surface area (Å²) in [4.78, 5) is 2.34. The highest BCUT2D eigenvalue weighted by Gasteiger charge is 2.26. The molecule has 1 aliphatic heterocycles. The Kier molecular flexibility index (Phi) is 4.51. The maximum atomic E-state index is 11.5. The van der Waals surface area contributed by atoms with Crippen LogP contribution in [0.15, 0.2) is 0 Å². The van der Waals surface area contributed by atoms with Crippen molar-refractivity contribution >= 4 is 10.2 Å². The normalized spacial score (nSPS) is 22.9. The molecule has 1 aliphatic rings. The van der Waals surface area contributed by atoms with Crippen LogP contribution in [0, 0.1) is 0 Å². The zero-order chi connectivity index (χ0) is 11.5. The Bertz CT molecular complexity index is 284. The molecule has 1 heterocycles. The summed E-state index contributed by atoms with van der Waals surface area (Å²) in [6.45, 7) is 7.18. The lowest BCUT2D eigenvalue weighted by molar-refractivity contribution is 0.142. The molecule has 5 nitrogen and oxygen atoms in total. The Hall–Kier alpha value is -0.170. The fraction of sp³-hybridized carbons (Fsp3) is 1.00. The van der Waals surface area contributed by atoms with Gasteiger partial charge in [-0.25, -0.2) is 4.72 Å². The Morgan fingerprint density at radius 2 is 1.80 bits per heavy atom. The molecule has 0 bridgehead atoms. The van der Waals surface area contributed by atoms with Crippen molar-refractivity contribution in [3.8, 4) is 0 Å². The highest BCUT2D eigenvalue weighted by Crippen LogP contribution is 2.10. The van der Waals surface area contributed by atoms with Crippen molar-refractivity contribution in [3.63, 3.8) is 0 Å². The second-order valence-corrected chi connectivity index (χ2v) is 5.78. The molecule has 0 aromatic carbocycles. The summed E-state index contributed by atoms with van der Waals surface area (Å²) in [5.74, 6) is 0. The highest BCUT2D eigenvalue weighted by molar-refractivity contribution is 7.87. The fourth-order valence-corrected chi connectivity index (χ4v) is 2.67. The zero-order valence-electron chi connectivity index (χ0n) is 9.73. The lowest BCUT2D eigenvalue weighted by Gasteiger charge is -2.36. The number of hydrogen-bond donors (Lipinski definition) is 1. The molecule has 1 atom stereocenters. The minimum Gasteiger partial charge on any atom is -0.298 e. The first-order chi connectivity index (χ1) is 7.01. The van der Waals surface area contributed by atoms with E-state index in [2.05, 4.69) is 23.5 Å². The van der Waals surface area contributed by atoms with Gasteiger partial charge in [-0.05, 0) is 13.3 Å². The maximum absolute atomic E-state index is 11.5. The number of piperazine rings is 1. The standard InChI is InChI=1S/C9H21N3O2S/c1-4-9(2)11-5-7-12(8-6-11)15(13,14)10-3/h9-10H,4-8H2,1-3H3/t9-/m0/s1. The van der Waals surface area contributed by atoms with Gasteiger partial charge in [0.2, 0.25) is 0 Å². The molecule has 0 unspecified atom stereocenters. The SMILES string of the molecule is CC[C@H](C)N1CCN(S(=O)(=O)NC)CC1. The van der Waals surface area contributed by atoms with Gasteiger partial charge in [0.25, 0.3) is 10.2 Å². The van der Waals surface area contributed by atoms with Crippen LogP contribution in [0.25, 0.3) is 0 Å². The summed E-state index contributed by atoms with van der Waals surface area (Å²) in [5.41, 5.74) is 0. The van der Waals surface area contributed by atoms with Crippen molar-refractivity contribution in [2.75, 3.05) is 33.2 Å². The molecule has 1 rings (SSSR count). The van der Waals surface area contributed by atoms with Gasteiger partial charge in [0, 0.05) is 39.3 Å². The zero-order valence-corrected chi connectivity index (χ0v) is 10.5. The van der Waals surface area contributed by atoms with Crippen molar-refractivity contribution < 1.29 is 8.42 Å². The first-order valence-corrected chi connectivity index (χ1v) is 6.88. The molecule has 1 fully saturated rings. The number of nitrogens with one attached hydrogen (secondary N) is 1. The average Bonchev–Trinajstić information content (AvgIpc) is 2.28. The van der Waals surface area contributed by atoms with E-state index in [0.29, 0.717) is 19.1 Å². The van der Waals surface area contributed by atoms with E-state index in [1.54, 1.807) is 0 Å². The van der Waals surface area contributed by atoms with Crippen LogP contribution in [0.1, 0.15) is 20.3 Å². The van der Waals surface area contributed by atoms with Crippen LogP contribution in [-0.2, 0) is 10.2 Å². The first-order valence-electron chi connectivity index (χ1n) is 5.44. The second-order valence-electron chi connectivity index (χ2n) is 3.90. The third-order valence-corrected chi connectivity index (χ3v) is 4.65. The van der Waals surface area contributed by atoms with Crippen LogP contribution in [0.5, 0.6) is 0 Å². The molecule has 0 amide bonds. The second kappa shape index (κ2) is 5.25. The largest absolute Gasteiger partial charge is 0.298 e. The summed E-state index contributed by atoms with van der Waals surface area (Å²) < 4.78 is 26.8. The molecule has 0 aromatic rings. The van der Waals surface area contributed by atoms with Crippen molar-refractivity contribution in [1.82, 2.24) is 13.9 Å². The Morgan fingerprint density at radius 1 is 1.27 bits per heavy atom. The van der Waals surface area contributed by atoms with E-state index in [1.165, 1.54) is 11.4 Å². The molecule has 0 radical (unpaired) electrons. The summed E-state index contributed by atoms with van der Waals surface area (Å²) in [7, 11) is -1.77. The van der Waals surface area contributed by atoms with Crippen molar-refractivity contribution in [2.45, 2.75) is 26.3 Å². The molecule has 0 saturated carbocycles. The van der Waals surface area contributed by atoms with Crippen molar-refractivity contribution in [3.05, 3.63) is 0 Å². The number of rotatable bonds is 4. The van der Waals surface area contributed by atoms with E-state index in [9.17, 15) is 8.42 Å². The molecule has 0 aliphatic carbocycles. The molecule has 0 spiro atoms.